The van der Waals surface area contributed by atoms with Crippen LogP contribution in [0.2, 0.25) is 0 Å². The Bertz CT molecular complexity index is 1080. The Morgan fingerprint density at radius 3 is 2.37 bits per heavy atom. The molecule has 9 heteroatoms. The number of hydrogen-bond acceptors (Lipinski definition) is 6. The van der Waals surface area contributed by atoms with Crippen molar-refractivity contribution in [3.63, 3.8) is 0 Å². The Morgan fingerprint density at radius 1 is 0.967 bits per heavy atom. The van der Waals surface area contributed by atoms with Crippen molar-refractivity contribution < 1.29 is 13.2 Å². The van der Waals surface area contributed by atoms with Crippen LogP contribution in [0.1, 0.15) is 28.8 Å². The lowest BCUT2D eigenvalue weighted by Gasteiger charge is -2.34. The molecular formula is C21H23N5O3S. The molecule has 0 N–H and O–H groups in total. The number of sulfonamides is 1. The molecule has 2 aliphatic rings. The average Bonchev–Trinajstić information content (AvgIpc) is 3.33. The first-order chi connectivity index (χ1) is 14.5. The van der Waals surface area contributed by atoms with Crippen molar-refractivity contribution >= 4 is 21.7 Å². The molecule has 156 valence electrons. The van der Waals surface area contributed by atoms with Gasteiger partial charge < -0.3 is 9.80 Å². The van der Waals surface area contributed by atoms with Crippen LogP contribution in [0.3, 0.4) is 0 Å². The molecule has 3 heterocycles. The molecule has 0 bridgehead atoms. The lowest BCUT2D eigenvalue weighted by atomic mass is 10.2. The zero-order valence-corrected chi connectivity index (χ0v) is 17.4. The normalized spacial score (nSPS) is 17.7. The summed E-state index contributed by atoms with van der Waals surface area (Å²) in [5, 5.41) is 9.24. The minimum Gasteiger partial charge on any atom is -0.356 e. The van der Waals surface area contributed by atoms with Crippen LogP contribution in [0.25, 0.3) is 0 Å². The number of piperazine rings is 1. The minimum atomic E-state index is -3.79. The van der Waals surface area contributed by atoms with Crippen LogP contribution in [-0.4, -0.2) is 67.8 Å². The van der Waals surface area contributed by atoms with E-state index >= 15 is 0 Å². The lowest BCUT2D eigenvalue weighted by molar-refractivity contribution is 0.0698. The minimum absolute atomic E-state index is 0.0101. The van der Waals surface area contributed by atoms with Crippen molar-refractivity contribution in [3.05, 3.63) is 53.7 Å². The van der Waals surface area contributed by atoms with E-state index in [0.29, 0.717) is 24.5 Å². The van der Waals surface area contributed by atoms with E-state index in [9.17, 15) is 18.5 Å². The van der Waals surface area contributed by atoms with E-state index in [4.69, 9.17) is 0 Å². The predicted octanol–water partition coefficient (Wildman–Crippen LogP) is 1.70. The fraction of sp³-hybridized carbons (Fsp3) is 0.381. The molecule has 0 spiro atoms. The van der Waals surface area contributed by atoms with E-state index in [2.05, 4.69) is 9.88 Å². The second-order valence-electron chi connectivity index (χ2n) is 7.37. The molecule has 1 aromatic carbocycles. The Kier molecular flexibility index (Phi) is 5.70. The highest BCUT2D eigenvalue weighted by molar-refractivity contribution is 7.89. The summed E-state index contributed by atoms with van der Waals surface area (Å²) >= 11 is 0. The smallest absolute Gasteiger partial charge is 0.257 e. The summed E-state index contributed by atoms with van der Waals surface area (Å²) in [7, 11) is -3.79. The summed E-state index contributed by atoms with van der Waals surface area (Å²) in [6.45, 7) is 2.74. The van der Waals surface area contributed by atoms with E-state index in [0.717, 1.165) is 25.9 Å². The number of anilines is 1. The van der Waals surface area contributed by atoms with Crippen molar-refractivity contribution in [3.8, 4) is 6.07 Å². The monoisotopic (exact) mass is 425 g/mol. The molecule has 2 aromatic rings. The van der Waals surface area contributed by atoms with Gasteiger partial charge in [0.15, 0.2) is 0 Å². The number of nitrogens with zero attached hydrogens (tertiary/aromatic N) is 5. The van der Waals surface area contributed by atoms with Gasteiger partial charge in [0, 0.05) is 45.5 Å². The van der Waals surface area contributed by atoms with Crippen LogP contribution in [0.15, 0.2) is 47.5 Å². The van der Waals surface area contributed by atoms with Gasteiger partial charge in [-0.1, -0.05) is 12.1 Å². The van der Waals surface area contributed by atoms with Crippen molar-refractivity contribution in [2.75, 3.05) is 44.2 Å². The number of carbonyl (C=O) groups is 1. The zero-order chi connectivity index (χ0) is 21.1. The largest absolute Gasteiger partial charge is 0.356 e. The number of hydrogen-bond donors (Lipinski definition) is 0. The van der Waals surface area contributed by atoms with Crippen molar-refractivity contribution in [2.45, 2.75) is 17.7 Å². The van der Waals surface area contributed by atoms with Crippen LogP contribution < -0.4 is 4.90 Å². The third kappa shape index (κ3) is 3.76. The fourth-order valence-corrected chi connectivity index (χ4v) is 5.53. The molecule has 8 nitrogen and oxygen atoms in total. The molecule has 1 amide bonds. The van der Waals surface area contributed by atoms with Crippen LogP contribution >= 0.6 is 0 Å². The first kappa shape index (κ1) is 20.3. The Labute approximate surface area is 176 Å². The molecule has 2 fully saturated rings. The van der Waals surface area contributed by atoms with Gasteiger partial charge in [-0.15, -0.1) is 0 Å². The van der Waals surface area contributed by atoms with Gasteiger partial charge in [-0.3, -0.25) is 4.79 Å². The Morgan fingerprint density at radius 2 is 1.67 bits per heavy atom. The molecule has 0 saturated carbocycles. The Hall–Kier alpha value is -2.96. The summed E-state index contributed by atoms with van der Waals surface area (Å²) < 4.78 is 27.3. The van der Waals surface area contributed by atoms with Crippen LogP contribution in [0.4, 0.5) is 5.82 Å². The highest BCUT2D eigenvalue weighted by Gasteiger charge is 2.33. The van der Waals surface area contributed by atoms with E-state index < -0.39 is 10.0 Å². The first-order valence-corrected chi connectivity index (χ1v) is 11.4. The maximum atomic E-state index is 13.2. The molecule has 2 aliphatic heterocycles. The molecule has 0 unspecified atom stereocenters. The number of pyridine rings is 1. The average molecular weight is 426 g/mol. The summed E-state index contributed by atoms with van der Waals surface area (Å²) in [6.07, 6.45) is 3.87. The maximum Gasteiger partial charge on any atom is 0.257 e. The number of nitriles is 1. The number of aromatic nitrogens is 1. The molecule has 0 aliphatic carbocycles. The summed E-state index contributed by atoms with van der Waals surface area (Å²) in [5.74, 6) is 0.581. The van der Waals surface area contributed by atoms with Gasteiger partial charge in [-0.2, -0.15) is 9.57 Å². The fourth-order valence-electron chi connectivity index (χ4n) is 3.97. The summed E-state index contributed by atoms with van der Waals surface area (Å²) in [6, 6.07) is 11.7. The van der Waals surface area contributed by atoms with Gasteiger partial charge in [-0.05, 0) is 37.1 Å². The van der Waals surface area contributed by atoms with E-state index in [1.807, 2.05) is 6.07 Å². The second-order valence-corrected chi connectivity index (χ2v) is 9.28. The topological polar surface area (TPSA) is 97.6 Å². The SMILES string of the molecule is N#Cc1ccccc1S(=O)(=O)N1CCN(C(=O)c2cccnc2N2CCCC2)CC1. The van der Waals surface area contributed by atoms with E-state index in [1.165, 1.54) is 16.4 Å². The highest BCUT2D eigenvalue weighted by atomic mass is 32.2. The lowest BCUT2D eigenvalue weighted by Crippen LogP contribution is -2.50. The third-order valence-corrected chi connectivity index (χ3v) is 7.53. The van der Waals surface area contributed by atoms with Crippen LogP contribution in [0, 0.1) is 11.3 Å². The first-order valence-electron chi connectivity index (χ1n) is 10.0. The molecule has 2 saturated heterocycles. The van der Waals surface area contributed by atoms with Gasteiger partial charge >= 0.3 is 0 Å². The second kappa shape index (κ2) is 8.42. The predicted molar refractivity (Wildman–Crippen MR) is 112 cm³/mol. The van der Waals surface area contributed by atoms with Gasteiger partial charge in [0.1, 0.15) is 11.9 Å². The van der Waals surface area contributed by atoms with Crippen molar-refractivity contribution in [2.24, 2.45) is 0 Å². The number of carbonyl (C=O) groups excluding carboxylic acids is 1. The number of rotatable bonds is 4. The molecule has 1 aromatic heterocycles. The highest BCUT2D eigenvalue weighted by Crippen LogP contribution is 2.25. The molecule has 0 radical (unpaired) electrons. The van der Waals surface area contributed by atoms with Crippen LogP contribution in [-0.2, 0) is 10.0 Å². The van der Waals surface area contributed by atoms with Crippen molar-refractivity contribution in [1.82, 2.24) is 14.2 Å². The maximum absolute atomic E-state index is 13.2. The molecular weight excluding hydrogens is 402 g/mol. The third-order valence-electron chi connectivity index (χ3n) is 5.57. The molecule has 30 heavy (non-hydrogen) atoms. The molecule has 0 atom stereocenters. The van der Waals surface area contributed by atoms with E-state index in [1.54, 1.807) is 35.4 Å². The van der Waals surface area contributed by atoms with Gasteiger partial charge in [-0.25, -0.2) is 13.4 Å². The number of benzene rings is 1. The number of amides is 1. The van der Waals surface area contributed by atoms with E-state index in [-0.39, 0.29) is 29.5 Å². The van der Waals surface area contributed by atoms with Gasteiger partial charge in [0.25, 0.3) is 5.91 Å². The standard InChI is InChI=1S/C21H23N5O3S/c22-16-17-6-1-2-8-19(17)30(28,29)26-14-12-25(13-15-26)21(27)18-7-5-9-23-20(18)24-10-3-4-11-24/h1-2,5-9H,3-4,10-15H2. The van der Waals surface area contributed by atoms with Gasteiger partial charge in [0.2, 0.25) is 10.0 Å². The summed E-state index contributed by atoms with van der Waals surface area (Å²) in [5.41, 5.74) is 0.687. The summed E-state index contributed by atoms with van der Waals surface area (Å²) in [4.78, 5) is 21.4. The Balaban J connectivity index is 1.49. The quantitative estimate of drug-likeness (QED) is 0.740. The molecule has 4 rings (SSSR count). The van der Waals surface area contributed by atoms with Gasteiger partial charge in [0.05, 0.1) is 16.0 Å². The van der Waals surface area contributed by atoms with Crippen molar-refractivity contribution in [1.29, 1.82) is 5.26 Å². The van der Waals surface area contributed by atoms with Crippen LogP contribution in [0.5, 0.6) is 0 Å². The zero-order valence-electron chi connectivity index (χ0n) is 16.6.